The quantitative estimate of drug-likeness (QED) is 0.786. The molecule has 0 aromatic heterocycles. The van der Waals surface area contributed by atoms with Gasteiger partial charge in [-0.3, -0.25) is 4.79 Å². The van der Waals surface area contributed by atoms with Crippen molar-refractivity contribution < 1.29 is 17.9 Å². The zero-order chi connectivity index (χ0) is 19.0. The van der Waals surface area contributed by atoms with Gasteiger partial charge in [0.2, 0.25) is 0 Å². The van der Waals surface area contributed by atoms with Crippen molar-refractivity contribution in [3.63, 3.8) is 0 Å². The summed E-state index contributed by atoms with van der Waals surface area (Å²) >= 11 is 1.36. The first kappa shape index (κ1) is 18.1. The third kappa shape index (κ3) is 3.46. The van der Waals surface area contributed by atoms with E-state index < -0.39 is 15.7 Å². The lowest BCUT2D eigenvalue weighted by molar-refractivity contribution is 0.1000. The average Bonchev–Trinajstić information content (AvgIpc) is 3.13. The number of sulfone groups is 1. The molecule has 4 rings (SSSR count). The van der Waals surface area contributed by atoms with Crippen molar-refractivity contribution >= 4 is 38.4 Å². The molecule has 2 aromatic carbocycles. The number of thioether (sulfide) groups is 1. The number of amidine groups is 1. The Hall–Kier alpha value is -2.32. The Kier molecular flexibility index (Phi) is 4.69. The second kappa shape index (κ2) is 7.01. The molecule has 27 heavy (non-hydrogen) atoms. The van der Waals surface area contributed by atoms with Crippen LogP contribution in [0.4, 0.5) is 5.69 Å². The first-order valence-corrected chi connectivity index (χ1v) is 11.2. The van der Waals surface area contributed by atoms with E-state index in [1.54, 1.807) is 24.3 Å². The maximum Gasteiger partial charge on any atom is 0.283 e. The van der Waals surface area contributed by atoms with Crippen LogP contribution >= 0.6 is 11.8 Å². The van der Waals surface area contributed by atoms with Crippen LogP contribution in [0.3, 0.4) is 0 Å². The summed E-state index contributed by atoms with van der Waals surface area (Å²) in [4.78, 5) is 19.0. The predicted octanol–water partition coefficient (Wildman–Crippen LogP) is 2.61. The number of amides is 1. The Morgan fingerprint density at radius 2 is 1.81 bits per heavy atom. The fourth-order valence-electron chi connectivity index (χ4n) is 3.42. The fourth-order valence-corrected chi connectivity index (χ4v) is 7.34. The Labute approximate surface area is 162 Å². The highest BCUT2D eigenvalue weighted by Crippen LogP contribution is 2.41. The molecule has 0 N–H and O–H groups in total. The van der Waals surface area contributed by atoms with Gasteiger partial charge in [0, 0.05) is 10.9 Å². The molecule has 2 heterocycles. The van der Waals surface area contributed by atoms with Crippen LogP contribution in [0.2, 0.25) is 0 Å². The van der Waals surface area contributed by atoms with E-state index in [4.69, 9.17) is 4.74 Å². The van der Waals surface area contributed by atoms with Crippen LogP contribution < -0.4 is 9.64 Å². The summed E-state index contributed by atoms with van der Waals surface area (Å²) in [5.74, 6) is 0.234. The van der Waals surface area contributed by atoms with Crippen LogP contribution in [-0.4, -0.2) is 49.4 Å². The SMILES string of the molecule is COc1ccccc1C(=O)N=C1S[C@@H]2CS(=O)(=O)C[C@@H]2N1c1ccccc1. The summed E-state index contributed by atoms with van der Waals surface area (Å²) in [6, 6.07) is 16.2. The molecule has 6 nitrogen and oxygen atoms in total. The summed E-state index contributed by atoms with van der Waals surface area (Å²) in [7, 11) is -1.57. The second-order valence-electron chi connectivity index (χ2n) is 6.41. The molecule has 0 saturated carbocycles. The van der Waals surface area contributed by atoms with Gasteiger partial charge < -0.3 is 9.64 Å². The number of carbonyl (C=O) groups excluding carboxylic acids is 1. The third-order valence-electron chi connectivity index (χ3n) is 4.64. The molecular weight excluding hydrogens is 384 g/mol. The van der Waals surface area contributed by atoms with Gasteiger partial charge in [-0.25, -0.2) is 8.42 Å². The average molecular weight is 402 g/mol. The lowest BCUT2D eigenvalue weighted by atomic mass is 10.2. The van der Waals surface area contributed by atoms with Gasteiger partial charge in [-0.2, -0.15) is 4.99 Å². The van der Waals surface area contributed by atoms with Gasteiger partial charge in [0.05, 0.1) is 30.2 Å². The van der Waals surface area contributed by atoms with Crippen LogP contribution in [0.15, 0.2) is 59.6 Å². The lowest BCUT2D eigenvalue weighted by Crippen LogP contribution is -2.37. The standard InChI is InChI=1S/C19H18N2O4S2/c1-25-16-10-6-5-9-14(16)18(22)20-19-21(13-7-3-2-4-8-13)15-11-27(23,24)12-17(15)26-19/h2-10,15,17H,11-12H2,1H3/t15-,17+/m0/s1. The molecule has 2 saturated heterocycles. The number of nitrogens with zero attached hydrogens (tertiary/aromatic N) is 2. The van der Waals surface area contributed by atoms with Crippen molar-refractivity contribution in [3.05, 3.63) is 60.2 Å². The van der Waals surface area contributed by atoms with Crippen molar-refractivity contribution in [2.24, 2.45) is 4.99 Å². The lowest BCUT2D eigenvalue weighted by Gasteiger charge is -2.24. The van der Waals surface area contributed by atoms with E-state index in [1.165, 1.54) is 18.9 Å². The molecule has 2 atom stereocenters. The molecule has 2 aliphatic rings. The topological polar surface area (TPSA) is 76.0 Å². The molecule has 140 valence electrons. The number of methoxy groups -OCH3 is 1. The zero-order valence-corrected chi connectivity index (χ0v) is 16.2. The number of ether oxygens (including phenoxy) is 1. The first-order valence-electron chi connectivity index (χ1n) is 8.46. The normalized spacial score (nSPS) is 24.8. The number of rotatable bonds is 3. The van der Waals surface area contributed by atoms with Gasteiger partial charge in [0.25, 0.3) is 5.91 Å². The van der Waals surface area contributed by atoms with E-state index in [-0.39, 0.29) is 22.8 Å². The molecule has 2 aliphatic heterocycles. The van der Waals surface area contributed by atoms with Crippen molar-refractivity contribution in [1.29, 1.82) is 0 Å². The van der Waals surface area contributed by atoms with E-state index in [2.05, 4.69) is 4.99 Å². The van der Waals surface area contributed by atoms with Crippen molar-refractivity contribution in [1.82, 2.24) is 0 Å². The summed E-state index contributed by atoms with van der Waals surface area (Å²) < 4.78 is 29.4. The van der Waals surface area contributed by atoms with E-state index in [1.807, 2.05) is 35.2 Å². The maximum atomic E-state index is 12.8. The Bertz CT molecular complexity index is 1010. The van der Waals surface area contributed by atoms with Gasteiger partial charge in [0.1, 0.15) is 5.75 Å². The number of carbonyl (C=O) groups is 1. The Balaban J connectivity index is 1.73. The summed E-state index contributed by atoms with van der Waals surface area (Å²) in [6.07, 6.45) is 0. The largest absolute Gasteiger partial charge is 0.496 e. The third-order valence-corrected chi connectivity index (χ3v) is 7.85. The van der Waals surface area contributed by atoms with Crippen molar-refractivity contribution in [2.75, 3.05) is 23.5 Å². The minimum atomic E-state index is -3.08. The molecule has 1 amide bonds. The second-order valence-corrected chi connectivity index (χ2v) is 9.77. The van der Waals surface area contributed by atoms with Gasteiger partial charge in [-0.05, 0) is 24.3 Å². The van der Waals surface area contributed by atoms with Gasteiger partial charge in [0.15, 0.2) is 15.0 Å². The molecule has 0 aliphatic carbocycles. The number of aliphatic imine (C=N–C) groups is 1. The first-order chi connectivity index (χ1) is 13.0. The molecular formula is C19H18N2O4S2. The Morgan fingerprint density at radius 3 is 2.56 bits per heavy atom. The minimum absolute atomic E-state index is 0.0709. The van der Waals surface area contributed by atoms with E-state index in [0.29, 0.717) is 16.5 Å². The molecule has 8 heteroatoms. The highest BCUT2D eigenvalue weighted by molar-refractivity contribution is 8.16. The van der Waals surface area contributed by atoms with E-state index >= 15 is 0 Å². The number of anilines is 1. The smallest absolute Gasteiger partial charge is 0.283 e. The highest BCUT2D eigenvalue weighted by Gasteiger charge is 2.49. The van der Waals surface area contributed by atoms with Crippen molar-refractivity contribution in [3.8, 4) is 5.75 Å². The van der Waals surface area contributed by atoms with Gasteiger partial charge in [-0.1, -0.05) is 42.1 Å². The molecule has 2 fully saturated rings. The number of hydrogen-bond acceptors (Lipinski definition) is 5. The number of benzene rings is 2. The van der Waals surface area contributed by atoms with Crippen LogP contribution in [0.25, 0.3) is 0 Å². The van der Waals surface area contributed by atoms with Gasteiger partial charge >= 0.3 is 0 Å². The van der Waals surface area contributed by atoms with Crippen LogP contribution in [-0.2, 0) is 9.84 Å². The zero-order valence-electron chi connectivity index (χ0n) is 14.6. The summed E-state index contributed by atoms with van der Waals surface area (Å²) in [6.45, 7) is 0. The number of para-hydroxylation sites is 2. The van der Waals surface area contributed by atoms with Gasteiger partial charge in [-0.15, -0.1) is 0 Å². The molecule has 0 spiro atoms. The fraction of sp³-hybridized carbons (Fsp3) is 0.263. The van der Waals surface area contributed by atoms with E-state index in [0.717, 1.165) is 5.69 Å². The maximum absolute atomic E-state index is 12.8. The summed E-state index contributed by atoms with van der Waals surface area (Å²) in [5.41, 5.74) is 1.21. The minimum Gasteiger partial charge on any atom is -0.496 e. The number of fused-ring (bicyclic) bond motifs is 1. The predicted molar refractivity (Wildman–Crippen MR) is 108 cm³/mol. The molecule has 0 radical (unpaired) electrons. The van der Waals surface area contributed by atoms with Crippen LogP contribution in [0.5, 0.6) is 5.75 Å². The number of hydrogen-bond donors (Lipinski definition) is 0. The van der Waals surface area contributed by atoms with Crippen molar-refractivity contribution in [2.45, 2.75) is 11.3 Å². The van der Waals surface area contributed by atoms with Crippen LogP contribution in [0, 0.1) is 0 Å². The van der Waals surface area contributed by atoms with Crippen LogP contribution in [0.1, 0.15) is 10.4 Å². The van der Waals surface area contributed by atoms with E-state index in [9.17, 15) is 13.2 Å². The summed E-state index contributed by atoms with van der Waals surface area (Å²) in [5, 5.41) is 0.404. The molecule has 0 bridgehead atoms. The molecule has 0 unspecified atom stereocenters. The monoisotopic (exact) mass is 402 g/mol. The molecule has 2 aromatic rings. The Morgan fingerprint density at radius 1 is 1.11 bits per heavy atom. The highest BCUT2D eigenvalue weighted by atomic mass is 32.2.